The highest BCUT2D eigenvalue weighted by Crippen LogP contribution is 2.32. The van der Waals surface area contributed by atoms with E-state index in [1.54, 1.807) is 36.4 Å². The number of benzene rings is 2. The number of carbonyl (C=O) groups excluding carboxylic acids is 1. The Labute approximate surface area is 114 Å². The first-order valence-electron chi connectivity index (χ1n) is 6.07. The first kappa shape index (κ1) is 12.5. The maximum Gasteiger partial charge on any atom is 0.283 e. The number of benzodiazepines with no additional fused rings is 1. The van der Waals surface area contributed by atoms with Crippen LogP contribution in [0.25, 0.3) is 0 Å². The number of carbonyl (C=O) groups is 1. The average Bonchev–Trinajstić information content (AvgIpc) is 2.59. The molecule has 3 rings (SSSR count). The molecule has 0 aromatic heterocycles. The maximum atomic E-state index is 14.0. The molecule has 0 saturated carbocycles. The van der Waals surface area contributed by atoms with E-state index in [9.17, 15) is 14.3 Å². The van der Waals surface area contributed by atoms with Crippen molar-refractivity contribution in [2.24, 2.45) is 4.99 Å². The molecule has 5 heteroatoms. The largest absolute Gasteiger partial charge is 0.364 e. The molecule has 2 aromatic rings. The van der Waals surface area contributed by atoms with E-state index in [2.05, 4.69) is 4.99 Å². The lowest BCUT2D eigenvalue weighted by molar-refractivity contribution is -0.125. The summed E-state index contributed by atoms with van der Waals surface area (Å²) in [5.41, 5.74) is 1.22. The van der Waals surface area contributed by atoms with E-state index in [0.29, 0.717) is 11.3 Å². The van der Waals surface area contributed by atoms with Crippen molar-refractivity contribution in [3.05, 3.63) is 59.9 Å². The molecule has 100 valence electrons. The second-order valence-corrected chi connectivity index (χ2v) is 4.34. The van der Waals surface area contributed by atoms with E-state index >= 15 is 0 Å². The third-order valence-electron chi connectivity index (χ3n) is 3.07. The van der Waals surface area contributed by atoms with Crippen molar-refractivity contribution < 1.29 is 14.3 Å². The van der Waals surface area contributed by atoms with Crippen molar-refractivity contribution in [3.8, 4) is 0 Å². The summed E-state index contributed by atoms with van der Waals surface area (Å²) in [5.74, 6) is -1.22. The van der Waals surface area contributed by atoms with E-state index in [-0.39, 0.29) is 5.69 Å². The van der Waals surface area contributed by atoms with Gasteiger partial charge in [0.15, 0.2) is 0 Å². The summed E-state index contributed by atoms with van der Waals surface area (Å²) in [6.07, 6.45) is -0.124. The van der Waals surface area contributed by atoms with E-state index in [1.807, 2.05) is 0 Å². The van der Waals surface area contributed by atoms with E-state index in [0.717, 1.165) is 4.90 Å². The van der Waals surface area contributed by atoms with E-state index in [4.69, 9.17) is 0 Å². The lowest BCUT2D eigenvalue weighted by Gasteiger charge is -2.24. The summed E-state index contributed by atoms with van der Waals surface area (Å²) in [6, 6.07) is 12.9. The summed E-state index contributed by atoms with van der Waals surface area (Å²) in [6.45, 7) is 0. The molecule has 1 atom stereocenters. The highest BCUT2D eigenvalue weighted by atomic mass is 19.1. The fourth-order valence-electron chi connectivity index (χ4n) is 2.13. The standard InChI is InChI=1S/C15H11FN2O2/c16-11-6-2-4-8-13(11)18-12-7-3-1-5-10(12)9-17-14(19)15(18)20/h1-9,14,19H. The molecule has 0 bridgehead atoms. The van der Waals surface area contributed by atoms with Crippen LogP contribution in [0.1, 0.15) is 5.56 Å². The molecular weight excluding hydrogens is 259 g/mol. The molecule has 1 unspecified atom stereocenters. The number of aliphatic imine (C=N–C) groups is 1. The number of fused-ring (bicyclic) bond motifs is 1. The number of hydrogen-bond acceptors (Lipinski definition) is 3. The summed E-state index contributed by atoms with van der Waals surface area (Å²) in [4.78, 5) is 17.2. The molecule has 1 amide bonds. The van der Waals surface area contributed by atoms with Crippen molar-refractivity contribution in [1.29, 1.82) is 0 Å². The molecule has 0 saturated heterocycles. The minimum Gasteiger partial charge on any atom is -0.364 e. The van der Waals surface area contributed by atoms with Gasteiger partial charge in [-0.1, -0.05) is 30.3 Å². The van der Waals surface area contributed by atoms with Crippen molar-refractivity contribution in [2.45, 2.75) is 6.23 Å². The van der Waals surface area contributed by atoms with Crippen LogP contribution >= 0.6 is 0 Å². The van der Waals surface area contributed by atoms with Gasteiger partial charge in [-0.2, -0.15) is 0 Å². The molecule has 1 aliphatic rings. The summed E-state index contributed by atoms with van der Waals surface area (Å²) in [5, 5.41) is 9.74. The number of anilines is 2. The maximum absolute atomic E-state index is 14.0. The van der Waals surface area contributed by atoms with Crippen molar-refractivity contribution in [2.75, 3.05) is 4.90 Å². The Morgan fingerprint density at radius 1 is 1.05 bits per heavy atom. The fraction of sp³-hybridized carbons (Fsp3) is 0.0667. The first-order chi connectivity index (χ1) is 9.68. The van der Waals surface area contributed by atoms with Gasteiger partial charge in [0.1, 0.15) is 5.82 Å². The second kappa shape index (κ2) is 4.86. The number of rotatable bonds is 1. The molecule has 0 spiro atoms. The third kappa shape index (κ3) is 1.98. The lowest BCUT2D eigenvalue weighted by Crippen LogP contribution is -2.34. The molecule has 4 nitrogen and oxygen atoms in total. The van der Waals surface area contributed by atoms with Crippen LogP contribution in [0, 0.1) is 5.82 Å². The number of aliphatic hydroxyl groups is 1. The zero-order valence-corrected chi connectivity index (χ0v) is 10.4. The van der Waals surface area contributed by atoms with Crippen LogP contribution in [0.5, 0.6) is 0 Å². The van der Waals surface area contributed by atoms with Gasteiger partial charge in [0, 0.05) is 11.8 Å². The predicted octanol–water partition coefficient (Wildman–Crippen LogP) is 2.24. The van der Waals surface area contributed by atoms with Crippen LogP contribution in [0.15, 0.2) is 53.5 Å². The molecule has 20 heavy (non-hydrogen) atoms. The Kier molecular flexibility index (Phi) is 3.04. The van der Waals surface area contributed by atoms with Crippen LogP contribution in [0.2, 0.25) is 0 Å². The van der Waals surface area contributed by atoms with Gasteiger partial charge < -0.3 is 5.11 Å². The van der Waals surface area contributed by atoms with E-state index in [1.165, 1.54) is 18.3 Å². The van der Waals surface area contributed by atoms with E-state index < -0.39 is 18.0 Å². The number of nitrogens with zero attached hydrogens (tertiary/aromatic N) is 2. The fourth-order valence-corrected chi connectivity index (χ4v) is 2.13. The van der Waals surface area contributed by atoms with Gasteiger partial charge in [-0.05, 0) is 18.2 Å². The summed E-state index contributed by atoms with van der Waals surface area (Å²) in [7, 11) is 0. The van der Waals surface area contributed by atoms with Crippen molar-refractivity contribution in [3.63, 3.8) is 0 Å². The summed E-state index contributed by atoms with van der Waals surface area (Å²) < 4.78 is 14.0. The molecule has 0 fully saturated rings. The molecule has 0 radical (unpaired) electrons. The zero-order chi connectivity index (χ0) is 14.1. The van der Waals surface area contributed by atoms with Gasteiger partial charge in [0.05, 0.1) is 11.4 Å². The third-order valence-corrected chi connectivity index (χ3v) is 3.07. The van der Waals surface area contributed by atoms with Crippen LogP contribution in [0.3, 0.4) is 0 Å². The predicted molar refractivity (Wildman–Crippen MR) is 73.6 cm³/mol. The van der Waals surface area contributed by atoms with Crippen LogP contribution < -0.4 is 4.90 Å². The highest BCUT2D eigenvalue weighted by molar-refractivity contribution is 6.09. The van der Waals surface area contributed by atoms with Gasteiger partial charge in [0.2, 0.25) is 6.23 Å². The van der Waals surface area contributed by atoms with Crippen molar-refractivity contribution in [1.82, 2.24) is 0 Å². The lowest BCUT2D eigenvalue weighted by atomic mass is 10.1. The minimum absolute atomic E-state index is 0.0921. The Morgan fingerprint density at radius 2 is 1.70 bits per heavy atom. The van der Waals surface area contributed by atoms with Gasteiger partial charge >= 0.3 is 0 Å². The number of amides is 1. The Morgan fingerprint density at radius 3 is 2.45 bits per heavy atom. The monoisotopic (exact) mass is 270 g/mol. The quantitative estimate of drug-likeness (QED) is 0.864. The molecular formula is C15H11FN2O2. The minimum atomic E-state index is -1.54. The average molecular weight is 270 g/mol. The molecule has 1 N–H and O–H groups in total. The van der Waals surface area contributed by atoms with Gasteiger partial charge in [-0.25, -0.2) is 4.39 Å². The summed E-state index contributed by atoms with van der Waals surface area (Å²) >= 11 is 0. The zero-order valence-electron chi connectivity index (χ0n) is 10.4. The topological polar surface area (TPSA) is 52.9 Å². The normalized spacial score (nSPS) is 17.8. The first-order valence-corrected chi connectivity index (χ1v) is 6.07. The van der Waals surface area contributed by atoms with Crippen molar-refractivity contribution >= 4 is 23.5 Å². The molecule has 2 aromatic carbocycles. The Hall–Kier alpha value is -2.53. The van der Waals surface area contributed by atoms with Gasteiger partial charge in [0.25, 0.3) is 5.91 Å². The Balaban J connectivity index is 2.23. The molecule has 1 aliphatic heterocycles. The molecule has 1 heterocycles. The SMILES string of the molecule is O=C1C(O)N=Cc2ccccc2N1c1ccccc1F. The number of halogens is 1. The number of hydrogen-bond donors (Lipinski definition) is 1. The molecule has 0 aliphatic carbocycles. The highest BCUT2D eigenvalue weighted by Gasteiger charge is 2.29. The van der Waals surface area contributed by atoms with Crippen LogP contribution in [-0.2, 0) is 4.79 Å². The van der Waals surface area contributed by atoms with Crippen LogP contribution in [0.4, 0.5) is 15.8 Å². The number of para-hydroxylation sites is 2. The number of aliphatic hydroxyl groups excluding tert-OH is 1. The van der Waals surface area contributed by atoms with Crippen LogP contribution in [-0.4, -0.2) is 23.5 Å². The van der Waals surface area contributed by atoms with Gasteiger partial charge in [-0.15, -0.1) is 0 Å². The smallest absolute Gasteiger partial charge is 0.283 e. The van der Waals surface area contributed by atoms with Gasteiger partial charge in [-0.3, -0.25) is 14.7 Å². The Bertz CT molecular complexity index is 700. The second-order valence-electron chi connectivity index (χ2n) is 4.34.